The minimum absolute atomic E-state index is 0. The standard InChI is InChI=1S/C15H22N6O.2ClH/c1-20(9-12-7-13-8-16-5-6-21(13)18-12)10-14-17-15(22-19-14)11-3-2-4-11;;/h7,11,16H,2-6,8-10H2,1H3;2*1H. The van der Waals surface area contributed by atoms with Crippen LogP contribution < -0.4 is 5.32 Å². The average molecular weight is 375 g/mol. The van der Waals surface area contributed by atoms with E-state index in [1.807, 2.05) is 0 Å². The summed E-state index contributed by atoms with van der Waals surface area (Å²) >= 11 is 0. The van der Waals surface area contributed by atoms with Crippen LogP contribution in [0.1, 0.15) is 48.3 Å². The van der Waals surface area contributed by atoms with Crippen LogP contribution >= 0.6 is 24.8 Å². The number of hydrogen-bond donors (Lipinski definition) is 1. The predicted octanol–water partition coefficient (Wildman–Crippen LogP) is 2.11. The Morgan fingerprint density at radius 2 is 2.17 bits per heavy atom. The highest BCUT2D eigenvalue weighted by Crippen LogP contribution is 2.35. The van der Waals surface area contributed by atoms with Gasteiger partial charge in [-0.25, -0.2) is 0 Å². The smallest absolute Gasteiger partial charge is 0.229 e. The summed E-state index contributed by atoms with van der Waals surface area (Å²) < 4.78 is 7.47. The van der Waals surface area contributed by atoms with E-state index >= 15 is 0 Å². The van der Waals surface area contributed by atoms with E-state index in [1.54, 1.807) is 0 Å². The summed E-state index contributed by atoms with van der Waals surface area (Å²) in [6, 6.07) is 2.18. The van der Waals surface area contributed by atoms with Crippen LogP contribution in [0.15, 0.2) is 10.6 Å². The van der Waals surface area contributed by atoms with Gasteiger partial charge in [-0.1, -0.05) is 11.6 Å². The van der Waals surface area contributed by atoms with E-state index < -0.39 is 0 Å². The van der Waals surface area contributed by atoms with E-state index in [9.17, 15) is 0 Å². The van der Waals surface area contributed by atoms with Gasteiger partial charge >= 0.3 is 0 Å². The highest BCUT2D eigenvalue weighted by atomic mass is 35.5. The molecule has 0 unspecified atom stereocenters. The maximum absolute atomic E-state index is 5.37. The van der Waals surface area contributed by atoms with Crippen LogP contribution in [0, 0.1) is 0 Å². The van der Waals surface area contributed by atoms with Crippen molar-refractivity contribution in [1.82, 2.24) is 30.1 Å². The van der Waals surface area contributed by atoms with E-state index in [0.717, 1.165) is 43.6 Å². The lowest BCUT2D eigenvalue weighted by Crippen LogP contribution is -2.28. The maximum Gasteiger partial charge on any atom is 0.229 e. The molecule has 24 heavy (non-hydrogen) atoms. The second kappa shape index (κ2) is 8.29. The third kappa shape index (κ3) is 4.08. The quantitative estimate of drug-likeness (QED) is 0.863. The van der Waals surface area contributed by atoms with Crippen molar-refractivity contribution in [3.8, 4) is 0 Å². The van der Waals surface area contributed by atoms with Crippen LogP contribution in [0.3, 0.4) is 0 Å². The molecule has 1 aliphatic heterocycles. The first-order chi connectivity index (χ1) is 10.8. The summed E-state index contributed by atoms with van der Waals surface area (Å²) in [5.41, 5.74) is 2.37. The fourth-order valence-corrected chi connectivity index (χ4v) is 3.06. The predicted molar refractivity (Wildman–Crippen MR) is 94.5 cm³/mol. The van der Waals surface area contributed by atoms with Crippen LogP contribution in [-0.4, -0.2) is 38.4 Å². The first-order valence-electron chi connectivity index (χ1n) is 8.05. The van der Waals surface area contributed by atoms with Crippen LogP contribution in [-0.2, 0) is 26.2 Å². The molecule has 1 aliphatic carbocycles. The Hall–Kier alpha value is -1.15. The van der Waals surface area contributed by atoms with Gasteiger partial charge in [0.15, 0.2) is 5.82 Å². The van der Waals surface area contributed by atoms with Crippen LogP contribution in [0.4, 0.5) is 0 Å². The SMILES string of the molecule is CN(Cc1cc2n(n1)CCNC2)Cc1noc(C2CCC2)n1.Cl.Cl. The zero-order valence-corrected chi connectivity index (χ0v) is 15.4. The molecule has 9 heteroatoms. The Morgan fingerprint density at radius 1 is 1.33 bits per heavy atom. The summed E-state index contributed by atoms with van der Waals surface area (Å²) in [5, 5.41) is 12.1. The van der Waals surface area contributed by atoms with Gasteiger partial charge in [-0.3, -0.25) is 9.58 Å². The van der Waals surface area contributed by atoms with Gasteiger partial charge in [0.25, 0.3) is 0 Å². The van der Waals surface area contributed by atoms with E-state index in [2.05, 4.69) is 43.3 Å². The molecule has 0 radical (unpaired) electrons. The molecule has 2 aromatic heterocycles. The number of aromatic nitrogens is 4. The van der Waals surface area contributed by atoms with Crippen molar-refractivity contribution < 1.29 is 4.52 Å². The third-order valence-electron chi connectivity index (χ3n) is 4.50. The van der Waals surface area contributed by atoms with Crippen molar-refractivity contribution >= 4 is 24.8 Å². The monoisotopic (exact) mass is 374 g/mol. The molecular formula is C15H24Cl2N6O. The number of nitrogens with one attached hydrogen (secondary N) is 1. The maximum atomic E-state index is 5.37. The number of halogens is 2. The van der Waals surface area contributed by atoms with Gasteiger partial charge in [0.1, 0.15) is 0 Å². The fraction of sp³-hybridized carbons (Fsp3) is 0.667. The Bertz CT molecular complexity index is 631. The van der Waals surface area contributed by atoms with Gasteiger partial charge in [-0.15, -0.1) is 24.8 Å². The van der Waals surface area contributed by atoms with Gasteiger partial charge in [-0.2, -0.15) is 10.1 Å². The normalized spacial score (nSPS) is 16.9. The molecule has 0 aromatic carbocycles. The van der Waals surface area contributed by atoms with Gasteiger partial charge in [0.05, 0.1) is 24.5 Å². The zero-order valence-electron chi connectivity index (χ0n) is 13.8. The summed E-state index contributed by atoms with van der Waals surface area (Å²) in [6.07, 6.45) is 3.65. The molecule has 0 atom stereocenters. The second-order valence-corrected chi connectivity index (χ2v) is 6.38. The molecule has 7 nitrogen and oxygen atoms in total. The lowest BCUT2D eigenvalue weighted by molar-refractivity contribution is 0.280. The molecule has 1 N–H and O–H groups in total. The van der Waals surface area contributed by atoms with Gasteiger partial charge < -0.3 is 9.84 Å². The first kappa shape index (κ1) is 19.2. The number of rotatable bonds is 5. The summed E-state index contributed by atoms with van der Waals surface area (Å²) in [4.78, 5) is 6.70. The molecule has 3 heterocycles. The molecule has 0 amide bonds. The van der Waals surface area contributed by atoms with E-state index in [4.69, 9.17) is 4.52 Å². The number of nitrogens with zero attached hydrogens (tertiary/aromatic N) is 5. The number of fused-ring (bicyclic) bond motifs is 1. The summed E-state index contributed by atoms with van der Waals surface area (Å²) in [5.74, 6) is 2.09. The minimum atomic E-state index is 0. The Morgan fingerprint density at radius 3 is 2.88 bits per heavy atom. The van der Waals surface area contributed by atoms with Crippen LogP contribution in [0.2, 0.25) is 0 Å². The third-order valence-corrected chi connectivity index (χ3v) is 4.50. The van der Waals surface area contributed by atoms with Crippen molar-refractivity contribution in [3.63, 3.8) is 0 Å². The van der Waals surface area contributed by atoms with E-state index in [-0.39, 0.29) is 24.8 Å². The largest absolute Gasteiger partial charge is 0.339 e. The first-order valence-corrected chi connectivity index (χ1v) is 8.05. The molecule has 4 rings (SSSR count). The summed E-state index contributed by atoms with van der Waals surface area (Å²) in [7, 11) is 2.07. The van der Waals surface area contributed by atoms with Crippen molar-refractivity contribution in [2.75, 3.05) is 13.6 Å². The molecular weight excluding hydrogens is 351 g/mol. The van der Waals surface area contributed by atoms with E-state index in [0.29, 0.717) is 12.5 Å². The number of hydrogen-bond acceptors (Lipinski definition) is 6. The Kier molecular flexibility index (Phi) is 6.62. The lowest BCUT2D eigenvalue weighted by atomic mass is 9.85. The Balaban J connectivity index is 0.00000104. The molecule has 134 valence electrons. The zero-order chi connectivity index (χ0) is 14.9. The van der Waals surface area contributed by atoms with Gasteiger partial charge in [0, 0.05) is 25.6 Å². The molecule has 0 spiro atoms. The molecule has 2 aliphatic rings. The van der Waals surface area contributed by atoms with Crippen molar-refractivity contribution in [3.05, 3.63) is 29.2 Å². The molecule has 1 fully saturated rings. The highest BCUT2D eigenvalue weighted by molar-refractivity contribution is 5.85. The molecule has 0 bridgehead atoms. The van der Waals surface area contributed by atoms with Crippen LogP contribution in [0.5, 0.6) is 0 Å². The molecule has 1 saturated carbocycles. The lowest BCUT2D eigenvalue weighted by Gasteiger charge is -2.20. The van der Waals surface area contributed by atoms with Crippen LogP contribution in [0.25, 0.3) is 0 Å². The molecule has 0 saturated heterocycles. The topological polar surface area (TPSA) is 72.0 Å². The highest BCUT2D eigenvalue weighted by Gasteiger charge is 2.25. The minimum Gasteiger partial charge on any atom is -0.339 e. The van der Waals surface area contributed by atoms with Gasteiger partial charge in [-0.05, 0) is 26.0 Å². The fourth-order valence-electron chi connectivity index (χ4n) is 3.06. The summed E-state index contributed by atoms with van der Waals surface area (Å²) in [6.45, 7) is 4.35. The van der Waals surface area contributed by atoms with Crippen molar-refractivity contribution in [2.45, 2.75) is 51.4 Å². The average Bonchev–Trinajstić information content (AvgIpc) is 3.03. The second-order valence-electron chi connectivity index (χ2n) is 6.38. The van der Waals surface area contributed by atoms with Crippen molar-refractivity contribution in [1.29, 1.82) is 0 Å². The van der Waals surface area contributed by atoms with Gasteiger partial charge in [0.2, 0.25) is 5.89 Å². The van der Waals surface area contributed by atoms with E-state index in [1.165, 1.54) is 25.0 Å². The molecule has 2 aromatic rings. The Labute approximate surface area is 154 Å². The van der Waals surface area contributed by atoms with Crippen molar-refractivity contribution in [2.24, 2.45) is 0 Å².